The van der Waals surface area contributed by atoms with E-state index in [1.165, 1.54) is 11.4 Å². The molecule has 72 valence electrons. The second-order valence-electron chi connectivity index (χ2n) is 3.57. The first kappa shape index (κ1) is 7.85. The first-order chi connectivity index (χ1) is 6.92. The topological polar surface area (TPSA) is 18.8 Å². The fourth-order valence-electron chi connectivity index (χ4n) is 2.23. The maximum absolute atomic E-state index is 4.53. The van der Waals surface area contributed by atoms with Gasteiger partial charge in [0.2, 0.25) is 5.96 Å². The number of nitrogens with zero attached hydrogens (tertiary/aromatic N) is 3. The Labute approximate surface area is 83.7 Å². The molecule has 0 bridgehead atoms. The van der Waals surface area contributed by atoms with Gasteiger partial charge in [-0.1, -0.05) is 12.1 Å². The van der Waals surface area contributed by atoms with Crippen LogP contribution in [-0.2, 0) is 0 Å². The second kappa shape index (κ2) is 2.74. The van der Waals surface area contributed by atoms with Gasteiger partial charge in [0.15, 0.2) is 0 Å². The number of fused-ring (bicyclic) bond motifs is 3. The van der Waals surface area contributed by atoms with Crippen molar-refractivity contribution in [3.63, 3.8) is 0 Å². The average molecular weight is 187 g/mol. The lowest BCUT2D eigenvalue weighted by Gasteiger charge is -2.16. The van der Waals surface area contributed by atoms with Gasteiger partial charge in [-0.25, -0.2) is 0 Å². The van der Waals surface area contributed by atoms with Crippen molar-refractivity contribution in [2.24, 2.45) is 4.99 Å². The number of aliphatic imine (C=N–C) groups is 1. The SMILES string of the molecule is CCN1C2=NCCN2c2ccccc21. The summed E-state index contributed by atoms with van der Waals surface area (Å²) in [5.74, 6) is 1.13. The Morgan fingerprint density at radius 2 is 2.07 bits per heavy atom. The van der Waals surface area contributed by atoms with Crippen molar-refractivity contribution in [1.82, 2.24) is 0 Å². The molecule has 2 heterocycles. The lowest BCUT2D eigenvalue weighted by molar-refractivity contribution is 1.03. The molecule has 14 heavy (non-hydrogen) atoms. The van der Waals surface area contributed by atoms with Gasteiger partial charge in [-0.3, -0.25) is 4.99 Å². The summed E-state index contributed by atoms with van der Waals surface area (Å²) in [5, 5.41) is 0. The molecule has 1 aromatic carbocycles. The number of hydrogen-bond donors (Lipinski definition) is 0. The normalized spacial score (nSPS) is 18.2. The summed E-state index contributed by atoms with van der Waals surface area (Å²) >= 11 is 0. The molecule has 2 aliphatic heterocycles. The first-order valence-corrected chi connectivity index (χ1v) is 5.10. The molecule has 0 saturated heterocycles. The van der Waals surface area contributed by atoms with Crippen molar-refractivity contribution < 1.29 is 0 Å². The van der Waals surface area contributed by atoms with E-state index in [0.717, 1.165) is 25.6 Å². The minimum absolute atomic E-state index is 0.931. The molecule has 0 aromatic heterocycles. The van der Waals surface area contributed by atoms with Crippen LogP contribution in [0.5, 0.6) is 0 Å². The van der Waals surface area contributed by atoms with Crippen LogP contribution in [0.25, 0.3) is 0 Å². The standard InChI is InChI=1S/C11H13N3/c1-2-13-9-5-3-4-6-10(9)14-8-7-12-11(13)14/h3-6H,2,7-8H2,1H3. The van der Waals surface area contributed by atoms with E-state index in [2.05, 4.69) is 46.0 Å². The van der Waals surface area contributed by atoms with Crippen LogP contribution in [0.1, 0.15) is 6.92 Å². The third-order valence-corrected chi connectivity index (χ3v) is 2.84. The van der Waals surface area contributed by atoms with Gasteiger partial charge < -0.3 is 9.80 Å². The van der Waals surface area contributed by atoms with Gasteiger partial charge in [-0.05, 0) is 19.1 Å². The highest BCUT2D eigenvalue weighted by Gasteiger charge is 2.33. The number of anilines is 2. The van der Waals surface area contributed by atoms with Crippen LogP contribution >= 0.6 is 0 Å². The summed E-state index contributed by atoms with van der Waals surface area (Å²) in [6, 6.07) is 8.52. The van der Waals surface area contributed by atoms with Crippen molar-refractivity contribution in [2.75, 3.05) is 29.4 Å². The Hall–Kier alpha value is -1.51. The number of benzene rings is 1. The molecule has 0 amide bonds. The molecule has 0 aliphatic carbocycles. The van der Waals surface area contributed by atoms with Crippen molar-refractivity contribution >= 4 is 17.3 Å². The zero-order valence-electron chi connectivity index (χ0n) is 8.27. The zero-order chi connectivity index (χ0) is 9.54. The number of para-hydroxylation sites is 2. The van der Waals surface area contributed by atoms with E-state index in [1.54, 1.807) is 0 Å². The average Bonchev–Trinajstić information content (AvgIpc) is 2.77. The summed E-state index contributed by atoms with van der Waals surface area (Å²) < 4.78 is 0. The summed E-state index contributed by atoms with van der Waals surface area (Å²) in [4.78, 5) is 9.12. The highest BCUT2D eigenvalue weighted by Crippen LogP contribution is 2.37. The van der Waals surface area contributed by atoms with Gasteiger partial charge in [0.25, 0.3) is 0 Å². The third-order valence-electron chi connectivity index (χ3n) is 2.84. The fourth-order valence-corrected chi connectivity index (χ4v) is 2.23. The Balaban J connectivity index is 2.16. The number of hydrogen-bond acceptors (Lipinski definition) is 3. The van der Waals surface area contributed by atoms with Crippen LogP contribution in [0.4, 0.5) is 11.4 Å². The van der Waals surface area contributed by atoms with E-state index in [4.69, 9.17) is 0 Å². The Morgan fingerprint density at radius 3 is 2.86 bits per heavy atom. The van der Waals surface area contributed by atoms with Gasteiger partial charge >= 0.3 is 0 Å². The minimum Gasteiger partial charge on any atom is -0.310 e. The predicted molar refractivity (Wildman–Crippen MR) is 59.1 cm³/mol. The van der Waals surface area contributed by atoms with Gasteiger partial charge in [0.1, 0.15) is 0 Å². The van der Waals surface area contributed by atoms with Crippen molar-refractivity contribution in [2.45, 2.75) is 6.92 Å². The molecule has 3 nitrogen and oxygen atoms in total. The van der Waals surface area contributed by atoms with E-state index in [-0.39, 0.29) is 0 Å². The Morgan fingerprint density at radius 1 is 1.29 bits per heavy atom. The molecule has 1 aromatic rings. The van der Waals surface area contributed by atoms with E-state index in [0.29, 0.717) is 0 Å². The lowest BCUT2D eigenvalue weighted by atomic mass is 10.2. The van der Waals surface area contributed by atoms with Crippen LogP contribution in [0, 0.1) is 0 Å². The molecule has 0 atom stereocenters. The Bertz CT molecular complexity index is 397. The van der Waals surface area contributed by atoms with Gasteiger partial charge in [0, 0.05) is 13.1 Å². The highest BCUT2D eigenvalue weighted by atomic mass is 15.5. The van der Waals surface area contributed by atoms with E-state index in [1.807, 2.05) is 0 Å². The summed E-state index contributed by atoms with van der Waals surface area (Å²) in [6.07, 6.45) is 0. The maximum atomic E-state index is 4.53. The van der Waals surface area contributed by atoms with Gasteiger partial charge in [0.05, 0.1) is 17.9 Å². The molecular formula is C11H13N3. The van der Waals surface area contributed by atoms with Crippen LogP contribution in [0.15, 0.2) is 29.3 Å². The van der Waals surface area contributed by atoms with Gasteiger partial charge in [-0.2, -0.15) is 0 Å². The number of rotatable bonds is 1. The van der Waals surface area contributed by atoms with Crippen LogP contribution in [0.3, 0.4) is 0 Å². The molecule has 0 N–H and O–H groups in total. The quantitative estimate of drug-likeness (QED) is 0.666. The van der Waals surface area contributed by atoms with Crippen LogP contribution < -0.4 is 9.80 Å². The zero-order valence-corrected chi connectivity index (χ0v) is 8.27. The third kappa shape index (κ3) is 0.842. The molecule has 0 fully saturated rings. The lowest BCUT2D eigenvalue weighted by Crippen LogP contribution is -2.35. The molecule has 3 heteroatoms. The maximum Gasteiger partial charge on any atom is 0.205 e. The fraction of sp³-hybridized carbons (Fsp3) is 0.364. The predicted octanol–water partition coefficient (Wildman–Crippen LogP) is 1.70. The number of guanidine groups is 1. The van der Waals surface area contributed by atoms with E-state index >= 15 is 0 Å². The van der Waals surface area contributed by atoms with E-state index in [9.17, 15) is 0 Å². The molecule has 0 spiro atoms. The Kier molecular flexibility index (Phi) is 1.54. The highest BCUT2D eigenvalue weighted by molar-refractivity contribution is 6.16. The van der Waals surface area contributed by atoms with Crippen molar-refractivity contribution in [3.05, 3.63) is 24.3 Å². The monoisotopic (exact) mass is 187 g/mol. The summed E-state index contributed by atoms with van der Waals surface area (Å²) in [7, 11) is 0. The summed E-state index contributed by atoms with van der Waals surface area (Å²) in [5.41, 5.74) is 2.61. The molecular weight excluding hydrogens is 174 g/mol. The molecule has 3 rings (SSSR count). The molecule has 0 unspecified atom stereocenters. The van der Waals surface area contributed by atoms with Gasteiger partial charge in [-0.15, -0.1) is 0 Å². The van der Waals surface area contributed by atoms with Crippen LogP contribution in [-0.4, -0.2) is 25.6 Å². The largest absolute Gasteiger partial charge is 0.310 e. The molecule has 0 saturated carbocycles. The van der Waals surface area contributed by atoms with Crippen molar-refractivity contribution in [1.29, 1.82) is 0 Å². The van der Waals surface area contributed by atoms with E-state index < -0.39 is 0 Å². The molecule has 0 radical (unpaired) electrons. The minimum atomic E-state index is 0.931. The van der Waals surface area contributed by atoms with Crippen LogP contribution in [0.2, 0.25) is 0 Å². The molecule has 2 aliphatic rings. The van der Waals surface area contributed by atoms with Crippen molar-refractivity contribution in [3.8, 4) is 0 Å². The second-order valence-corrected chi connectivity index (χ2v) is 3.57. The smallest absolute Gasteiger partial charge is 0.205 e. The first-order valence-electron chi connectivity index (χ1n) is 5.10. The summed E-state index contributed by atoms with van der Waals surface area (Å²) in [6.45, 7) is 5.12.